The van der Waals surface area contributed by atoms with Crippen LogP contribution in [0.15, 0.2) is 59.6 Å². The Bertz CT molecular complexity index is 684. The lowest BCUT2D eigenvalue weighted by Gasteiger charge is -2.33. The number of hydrogen-bond acceptors (Lipinski definition) is 2. The van der Waals surface area contributed by atoms with Crippen molar-refractivity contribution in [3.05, 3.63) is 60.2 Å². The number of fused-ring (bicyclic) bond motifs is 1. The van der Waals surface area contributed by atoms with Gasteiger partial charge in [0.15, 0.2) is 0 Å². The van der Waals surface area contributed by atoms with Gasteiger partial charge in [-0.15, -0.1) is 0 Å². The maximum absolute atomic E-state index is 5.05. The van der Waals surface area contributed by atoms with Gasteiger partial charge in [-0.3, -0.25) is 4.99 Å². The first-order valence-corrected chi connectivity index (χ1v) is 8.87. The van der Waals surface area contributed by atoms with Crippen molar-refractivity contribution in [2.24, 2.45) is 10.9 Å². The standard InChI is InChI=1S/C21H24N2/c1-3-9-16(10-4-1)21(17-11-5-2-6-12-17)20-15-22-18-13-7-8-14-19(18)23-20/h1,3-4,7-10,13-14,17,21-22H,2,5-6,11-12,15H2. The molecule has 2 nitrogen and oxygen atoms in total. The minimum absolute atomic E-state index is 0.456. The molecular formula is C21H24N2. The van der Waals surface area contributed by atoms with E-state index in [4.69, 9.17) is 4.99 Å². The Morgan fingerprint density at radius 3 is 2.43 bits per heavy atom. The summed E-state index contributed by atoms with van der Waals surface area (Å²) >= 11 is 0. The fourth-order valence-corrected chi connectivity index (χ4v) is 4.14. The van der Waals surface area contributed by atoms with Crippen molar-refractivity contribution in [3.63, 3.8) is 0 Å². The number of para-hydroxylation sites is 2. The highest BCUT2D eigenvalue weighted by atomic mass is 15.0. The maximum Gasteiger partial charge on any atom is 0.0861 e. The van der Waals surface area contributed by atoms with E-state index in [1.54, 1.807) is 0 Å². The van der Waals surface area contributed by atoms with E-state index >= 15 is 0 Å². The Balaban J connectivity index is 1.72. The highest BCUT2D eigenvalue weighted by Crippen LogP contribution is 2.39. The molecule has 1 unspecified atom stereocenters. The fraction of sp³-hybridized carbons (Fsp3) is 0.381. The predicted octanol–water partition coefficient (Wildman–Crippen LogP) is 5.55. The predicted molar refractivity (Wildman–Crippen MR) is 97.8 cm³/mol. The summed E-state index contributed by atoms with van der Waals surface area (Å²) in [5, 5.41) is 3.57. The lowest BCUT2D eigenvalue weighted by molar-refractivity contribution is 0.340. The number of hydrogen-bond donors (Lipinski definition) is 1. The molecule has 4 rings (SSSR count). The van der Waals surface area contributed by atoms with Crippen LogP contribution in [0.1, 0.15) is 43.6 Å². The lowest BCUT2D eigenvalue weighted by atomic mass is 9.74. The Kier molecular flexibility index (Phi) is 4.14. The summed E-state index contributed by atoms with van der Waals surface area (Å²) < 4.78 is 0. The van der Waals surface area contributed by atoms with Gasteiger partial charge < -0.3 is 5.32 Å². The van der Waals surface area contributed by atoms with Crippen LogP contribution in [-0.4, -0.2) is 12.3 Å². The van der Waals surface area contributed by atoms with Gasteiger partial charge in [-0.25, -0.2) is 0 Å². The molecule has 2 aromatic carbocycles. The Labute approximate surface area is 138 Å². The van der Waals surface area contributed by atoms with Crippen LogP contribution in [0, 0.1) is 5.92 Å². The molecule has 1 heterocycles. The highest BCUT2D eigenvalue weighted by Gasteiger charge is 2.30. The van der Waals surface area contributed by atoms with Crippen molar-refractivity contribution in [3.8, 4) is 0 Å². The van der Waals surface area contributed by atoms with E-state index in [2.05, 4.69) is 59.9 Å². The first-order chi connectivity index (χ1) is 11.4. The number of rotatable bonds is 3. The molecule has 1 fully saturated rings. The number of anilines is 1. The van der Waals surface area contributed by atoms with E-state index in [0.717, 1.165) is 23.8 Å². The second-order valence-electron chi connectivity index (χ2n) is 6.76. The van der Waals surface area contributed by atoms with Crippen molar-refractivity contribution in [2.75, 3.05) is 11.9 Å². The van der Waals surface area contributed by atoms with Gasteiger partial charge in [0.05, 0.1) is 17.9 Å². The van der Waals surface area contributed by atoms with Gasteiger partial charge >= 0.3 is 0 Å². The van der Waals surface area contributed by atoms with Crippen LogP contribution in [0.25, 0.3) is 0 Å². The summed E-state index contributed by atoms with van der Waals surface area (Å²) in [6, 6.07) is 19.4. The van der Waals surface area contributed by atoms with Crippen LogP contribution in [0.3, 0.4) is 0 Å². The first kappa shape index (κ1) is 14.5. The zero-order chi connectivity index (χ0) is 15.5. The third-order valence-electron chi connectivity index (χ3n) is 5.27. The normalized spacial score (nSPS) is 19.4. The molecule has 23 heavy (non-hydrogen) atoms. The smallest absolute Gasteiger partial charge is 0.0861 e. The zero-order valence-corrected chi connectivity index (χ0v) is 13.5. The quantitative estimate of drug-likeness (QED) is 0.790. The van der Waals surface area contributed by atoms with Crippen LogP contribution in [0.5, 0.6) is 0 Å². The molecule has 0 saturated heterocycles. The van der Waals surface area contributed by atoms with Gasteiger partial charge in [-0.2, -0.15) is 0 Å². The van der Waals surface area contributed by atoms with Crippen molar-refractivity contribution in [2.45, 2.75) is 38.0 Å². The fourth-order valence-electron chi connectivity index (χ4n) is 4.14. The van der Waals surface area contributed by atoms with Crippen LogP contribution < -0.4 is 5.32 Å². The maximum atomic E-state index is 5.05. The van der Waals surface area contributed by atoms with E-state index < -0.39 is 0 Å². The lowest BCUT2D eigenvalue weighted by Crippen LogP contribution is -2.30. The summed E-state index contributed by atoms with van der Waals surface area (Å²) in [6.07, 6.45) is 6.79. The molecule has 1 aliphatic heterocycles. The van der Waals surface area contributed by atoms with E-state index in [9.17, 15) is 0 Å². The largest absolute Gasteiger partial charge is 0.378 e. The summed E-state index contributed by atoms with van der Waals surface area (Å²) in [5.41, 5.74) is 4.98. The molecule has 2 aliphatic rings. The van der Waals surface area contributed by atoms with Gasteiger partial charge in [0.2, 0.25) is 0 Å². The Morgan fingerprint density at radius 1 is 0.870 bits per heavy atom. The van der Waals surface area contributed by atoms with Crippen LogP contribution in [0.2, 0.25) is 0 Å². The topological polar surface area (TPSA) is 24.4 Å². The Hall–Kier alpha value is -2.09. The summed E-state index contributed by atoms with van der Waals surface area (Å²) in [4.78, 5) is 5.05. The molecule has 1 atom stereocenters. The average Bonchev–Trinajstić information content (AvgIpc) is 2.64. The molecular weight excluding hydrogens is 280 g/mol. The second kappa shape index (κ2) is 6.57. The monoisotopic (exact) mass is 304 g/mol. The summed E-state index contributed by atoms with van der Waals surface area (Å²) in [5.74, 6) is 1.19. The zero-order valence-electron chi connectivity index (χ0n) is 13.5. The van der Waals surface area contributed by atoms with Gasteiger partial charge in [-0.05, 0) is 36.5 Å². The minimum Gasteiger partial charge on any atom is -0.378 e. The highest BCUT2D eigenvalue weighted by molar-refractivity contribution is 5.99. The Morgan fingerprint density at radius 2 is 1.61 bits per heavy atom. The van der Waals surface area contributed by atoms with Crippen LogP contribution in [-0.2, 0) is 0 Å². The van der Waals surface area contributed by atoms with Crippen molar-refractivity contribution in [1.29, 1.82) is 0 Å². The molecule has 1 aliphatic carbocycles. The van der Waals surface area contributed by atoms with Gasteiger partial charge in [0.25, 0.3) is 0 Å². The molecule has 0 spiro atoms. The minimum atomic E-state index is 0.456. The van der Waals surface area contributed by atoms with Crippen LogP contribution >= 0.6 is 0 Å². The van der Waals surface area contributed by atoms with Gasteiger partial charge in [-0.1, -0.05) is 61.7 Å². The van der Waals surface area contributed by atoms with Gasteiger partial charge in [0, 0.05) is 11.6 Å². The summed E-state index contributed by atoms with van der Waals surface area (Å²) in [6.45, 7) is 0.868. The number of nitrogens with one attached hydrogen (secondary N) is 1. The molecule has 1 saturated carbocycles. The third-order valence-corrected chi connectivity index (χ3v) is 5.27. The number of aliphatic imine (C=N–C) groups is 1. The van der Waals surface area contributed by atoms with Crippen molar-refractivity contribution in [1.82, 2.24) is 0 Å². The molecule has 0 bridgehead atoms. The van der Waals surface area contributed by atoms with E-state index in [0.29, 0.717) is 5.92 Å². The molecule has 0 aromatic heterocycles. The van der Waals surface area contributed by atoms with E-state index in [1.165, 1.54) is 43.4 Å². The number of nitrogens with zero attached hydrogens (tertiary/aromatic N) is 1. The van der Waals surface area contributed by atoms with E-state index in [1.807, 2.05) is 0 Å². The van der Waals surface area contributed by atoms with E-state index in [-0.39, 0.29) is 0 Å². The molecule has 2 aromatic rings. The third kappa shape index (κ3) is 3.03. The van der Waals surface area contributed by atoms with Crippen molar-refractivity contribution < 1.29 is 0 Å². The molecule has 1 N–H and O–H groups in total. The average molecular weight is 304 g/mol. The molecule has 0 radical (unpaired) electrons. The molecule has 0 amide bonds. The number of benzene rings is 2. The SMILES string of the molecule is c1ccc(C(C2=Nc3ccccc3NC2)C2CCCCC2)cc1. The second-order valence-corrected chi connectivity index (χ2v) is 6.76. The molecule has 2 heteroatoms. The van der Waals surface area contributed by atoms with Gasteiger partial charge in [0.1, 0.15) is 0 Å². The van der Waals surface area contributed by atoms with Crippen LogP contribution in [0.4, 0.5) is 11.4 Å². The summed E-state index contributed by atoms with van der Waals surface area (Å²) in [7, 11) is 0. The first-order valence-electron chi connectivity index (χ1n) is 8.87. The molecule has 118 valence electrons. The van der Waals surface area contributed by atoms with Crippen molar-refractivity contribution >= 4 is 17.1 Å².